The molecule has 0 spiro atoms. The van der Waals surface area contributed by atoms with Crippen LogP contribution in [0.15, 0.2) is 24.3 Å². The van der Waals surface area contributed by atoms with Crippen LogP contribution < -0.4 is 10.1 Å². The third-order valence-electron chi connectivity index (χ3n) is 2.51. The van der Waals surface area contributed by atoms with E-state index in [9.17, 15) is 9.59 Å². The van der Waals surface area contributed by atoms with Gasteiger partial charge in [-0.05, 0) is 25.5 Å². The van der Waals surface area contributed by atoms with Gasteiger partial charge in [0.1, 0.15) is 12.0 Å². The summed E-state index contributed by atoms with van der Waals surface area (Å²) in [5.41, 5.74) is 0.533. The fraction of sp³-hybridized carbons (Fsp3) is 0.429. The molecule has 0 heterocycles. The summed E-state index contributed by atoms with van der Waals surface area (Å²) in [4.78, 5) is 22.3. The first-order valence-electron chi connectivity index (χ1n) is 6.17. The lowest BCUT2D eigenvalue weighted by atomic mass is 10.2. The van der Waals surface area contributed by atoms with Crippen LogP contribution in [0.1, 0.15) is 37.0 Å². The molecule has 0 aliphatic carbocycles. The Labute approximate surface area is 107 Å². The SMILES string of the molecule is CCCCNC(=O)C(C)Oc1cccc(C=O)c1. The number of rotatable bonds is 7. The Balaban J connectivity index is 2.49. The summed E-state index contributed by atoms with van der Waals surface area (Å²) < 4.78 is 5.48. The van der Waals surface area contributed by atoms with Crippen molar-refractivity contribution in [3.8, 4) is 5.75 Å². The first-order chi connectivity index (χ1) is 8.67. The lowest BCUT2D eigenvalue weighted by Crippen LogP contribution is -2.36. The smallest absolute Gasteiger partial charge is 0.260 e. The molecule has 1 atom stereocenters. The van der Waals surface area contributed by atoms with Crippen molar-refractivity contribution in [3.05, 3.63) is 29.8 Å². The highest BCUT2D eigenvalue weighted by Gasteiger charge is 2.13. The summed E-state index contributed by atoms with van der Waals surface area (Å²) in [5, 5.41) is 2.80. The van der Waals surface area contributed by atoms with Crippen molar-refractivity contribution in [1.29, 1.82) is 0 Å². The molecule has 98 valence electrons. The topological polar surface area (TPSA) is 55.4 Å². The number of aldehydes is 1. The summed E-state index contributed by atoms with van der Waals surface area (Å²) in [6.07, 6.45) is 2.18. The molecule has 1 N–H and O–H groups in total. The van der Waals surface area contributed by atoms with E-state index in [1.807, 2.05) is 0 Å². The molecule has 0 saturated carbocycles. The van der Waals surface area contributed by atoms with Gasteiger partial charge in [-0.3, -0.25) is 9.59 Å². The van der Waals surface area contributed by atoms with Crippen LogP contribution in [0.4, 0.5) is 0 Å². The molecule has 1 rings (SSSR count). The molecular weight excluding hydrogens is 230 g/mol. The van der Waals surface area contributed by atoms with Crippen molar-refractivity contribution >= 4 is 12.2 Å². The Morgan fingerprint density at radius 3 is 2.94 bits per heavy atom. The number of benzene rings is 1. The Hall–Kier alpha value is -1.84. The summed E-state index contributed by atoms with van der Waals surface area (Å²) >= 11 is 0. The molecule has 0 aromatic heterocycles. The third-order valence-corrected chi connectivity index (χ3v) is 2.51. The van der Waals surface area contributed by atoms with Crippen molar-refractivity contribution in [1.82, 2.24) is 5.32 Å². The minimum Gasteiger partial charge on any atom is -0.481 e. The molecule has 0 saturated heterocycles. The van der Waals surface area contributed by atoms with Gasteiger partial charge in [0.15, 0.2) is 6.10 Å². The molecule has 1 amide bonds. The van der Waals surface area contributed by atoms with Gasteiger partial charge in [-0.25, -0.2) is 0 Å². The van der Waals surface area contributed by atoms with Crippen molar-refractivity contribution in [3.63, 3.8) is 0 Å². The van der Waals surface area contributed by atoms with E-state index in [2.05, 4.69) is 12.2 Å². The number of hydrogen-bond acceptors (Lipinski definition) is 3. The fourth-order valence-electron chi connectivity index (χ4n) is 1.45. The number of nitrogens with one attached hydrogen (secondary N) is 1. The normalized spacial score (nSPS) is 11.7. The second-order valence-corrected chi connectivity index (χ2v) is 4.10. The molecule has 18 heavy (non-hydrogen) atoms. The Kier molecular flexibility index (Phi) is 5.91. The van der Waals surface area contributed by atoms with Crippen LogP contribution in [-0.2, 0) is 4.79 Å². The third kappa shape index (κ3) is 4.57. The summed E-state index contributed by atoms with van der Waals surface area (Å²) in [5.74, 6) is 0.387. The molecular formula is C14H19NO3. The zero-order chi connectivity index (χ0) is 13.4. The number of hydrogen-bond donors (Lipinski definition) is 1. The molecule has 0 bridgehead atoms. The average Bonchev–Trinajstić information content (AvgIpc) is 2.39. The lowest BCUT2D eigenvalue weighted by molar-refractivity contribution is -0.127. The Morgan fingerprint density at radius 1 is 1.50 bits per heavy atom. The van der Waals surface area contributed by atoms with Crippen LogP contribution in [0.25, 0.3) is 0 Å². The minimum absolute atomic E-state index is 0.139. The number of carbonyl (C=O) groups excluding carboxylic acids is 2. The van der Waals surface area contributed by atoms with E-state index in [1.165, 1.54) is 0 Å². The number of ether oxygens (including phenoxy) is 1. The van der Waals surface area contributed by atoms with E-state index < -0.39 is 6.10 Å². The molecule has 4 nitrogen and oxygen atoms in total. The standard InChI is InChI=1S/C14H19NO3/c1-3-4-8-15-14(17)11(2)18-13-7-5-6-12(9-13)10-16/h5-7,9-11H,3-4,8H2,1-2H3,(H,15,17). The number of unbranched alkanes of at least 4 members (excludes halogenated alkanes) is 1. The van der Waals surface area contributed by atoms with Gasteiger partial charge >= 0.3 is 0 Å². The van der Waals surface area contributed by atoms with Gasteiger partial charge in [0.25, 0.3) is 5.91 Å². The van der Waals surface area contributed by atoms with E-state index >= 15 is 0 Å². The average molecular weight is 249 g/mol. The van der Waals surface area contributed by atoms with Crippen molar-refractivity contribution in [2.24, 2.45) is 0 Å². The summed E-state index contributed by atoms with van der Waals surface area (Å²) in [7, 11) is 0. The predicted molar refractivity (Wildman–Crippen MR) is 69.8 cm³/mol. The van der Waals surface area contributed by atoms with E-state index in [4.69, 9.17) is 4.74 Å². The first-order valence-corrected chi connectivity index (χ1v) is 6.17. The molecule has 0 fully saturated rings. The maximum absolute atomic E-state index is 11.7. The zero-order valence-corrected chi connectivity index (χ0v) is 10.8. The van der Waals surface area contributed by atoms with E-state index in [1.54, 1.807) is 31.2 Å². The quantitative estimate of drug-likeness (QED) is 0.595. The van der Waals surface area contributed by atoms with Gasteiger partial charge in [0.2, 0.25) is 0 Å². The van der Waals surface area contributed by atoms with E-state index in [-0.39, 0.29) is 5.91 Å². The highest BCUT2D eigenvalue weighted by atomic mass is 16.5. The monoisotopic (exact) mass is 249 g/mol. The number of carbonyl (C=O) groups is 2. The minimum atomic E-state index is -0.566. The Morgan fingerprint density at radius 2 is 2.28 bits per heavy atom. The van der Waals surface area contributed by atoms with Crippen molar-refractivity contribution in [2.75, 3.05) is 6.54 Å². The first kappa shape index (κ1) is 14.2. The second-order valence-electron chi connectivity index (χ2n) is 4.10. The maximum atomic E-state index is 11.7. The summed E-state index contributed by atoms with van der Waals surface area (Å²) in [6, 6.07) is 6.75. The zero-order valence-electron chi connectivity index (χ0n) is 10.8. The molecule has 4 heteroatoms. The largest absolute Gasteiger partial charge is 0.481 e. The van der Waals surface area contributed by atoms with Crippen LogP contribution in [0, 0.1) is 0 Å². The molecule has 1 aromatic rings. The van der Waals surface area contributed by atoms with E-state index in [0.29, 0.717) is 17.9 Å². The van der Waals surface area contributed by atoms with Crippen molar-refractivity contribution < 1.29 is 14.3 Å². The lowest BCUT2D eigenvalue weighted by Gasteiger charge is -2.14. The van der Waals surface area contributed by atoms with E-state index in [0.717, 1.165) is 19.1 Å². The molecule has 1 aromatic carbocycles. The van der Waals surface area contributed by atoms with Crippen molar-refractivity contribution in [2.45, 2.75) is 32.8 Å². The van der Waals surface area contributed by atoms with Crippen LogP contribution in [-0.4, -0.2) is 24.8 Å². The number of amides is 1. The predicted octanol–water partition coefficient (Wildman–Crippen LogP) is 2.18. The fourth-order valence-corrected chi connectivity index (χ4v) is 1.45. The second kappa shape index (κ2) is 7.48. The maximum Gasteiger partial charge on any atom is 0.260 e. The van der Waals surface area contributed by atoms with Crippen LogP contribution in [0.5, 0.6) is 5.75 Å². The Bertz CT molecular complexity index is 404. The van der Waals surface area contributed by atoms with Gasteiger partial charge < -0.3 is 10.1 Å². The van der Waals surface area contributed by atoms with Gasteiger partial charge in [0, 0.05) is 12.1 Å². The van der Waals surface area contributed by atoms with Gasteiger partial charge in [-0.1, -0.05) is 25.5 Å². The van der Waals surface area contributed by atoms with Crippen LogP contribution in [0.2, 0.25) is 0 Å². The van der Waals surface area contributed by atoms with Gasteiger partial charge in [0.05, 0.1) is 0 Å². The molecule has 0 aliphatic rings. The highest BCUT2D eigenvalue weighted by Crippen LogP contribution is 2.13. The van der Waals surface area contributed by atoms with Crippen LogP contribution in [0.3, 0.4) is 0 Å². The highest BCUT2D eigenvalue weighted by molar-refractivity contribution is 5.80. The summed E-state index contributed by atoms with van der Waals surface area (Å²) in [6.45, 7) is 4.42. The molecule has 0 radical (unpaired) electrons. The van der Waals surface area contributed by atoms with Gasteiger partial charge in [-0.15, -0.1) is 0 Å². The van der Waals surface area contributed by atoms with Crippen LogP contribution >= 0.6 is 0 Å². The molecule has 0 aliphatic heterocycles. The molecule has 1 unspecified atom stereocenters. The van der Waals surface area contributed by atoms with Gasteiger partial charge in [-0.2, -0.15) is 0 Å².